The predicted molar refractivity (Wildman–Crippen MR) is 149 cm³/mol. The van der Waals surface area contributed by atoms with Gasteiger partial charge in [0.2, 0.25) is 0 Å². The minimum Gasteiger partial charge on any atom is -0.493 e. The van der Waals surface area contributed by atoms with Crippen molar-refractivity contribution in [2.75, 3.05) is 80.7 Å². The highest BCUT2D eigenvalue weighted by atomic mass is 16.5. The van der Waals surface area contributed by atoms with E-state index in [4.69, 9.17) is 20.9 Å². The molecule has 1 rings (SSSR count). The minimum atomic E-state index is -0.268. The number of nitrogens with one attached hydrogen (secondary N) is 2. The standard InChI is InChI=1S/C27H50N6O4/c1-32(2)15-13-30-26(34)23-20-24(27(35)31-14-16-33(3)4)25(37-18-10-6-8-12-29)19-22(23)21-36-17-9-5-7-11-28/h19-20H,5-18,21,28-29H2,1-4H3,(H,30,34)(H,31,35). The van der Waals surface area contributed by atoms with Gasteiger partial charge in [0.05, 0.1) is 18.8 Å². The van der Waals surface area contributed by atoms with Crippen LogP contribution in [0, 0.1) is 0 Å². The average molecular weight is 523 g/mol. The number of hydrogen-bond acceptors (Lipinski definition) is 8. The van der Waals surface area contributed by atoms with Crippen LogP contribution in [0.5, 0.6) is 5.75 Å². The van der Waals surface area contributed by atoms with Crippen LogP contribution in [-0.4, -0.2) is 102 Å². The fourth-order valence-corrected chi connectivity index (χ4v) is 3.54. The molecule has 0 spiro atoms. The van der Waals surface area contributed by atoms with E-state index in [1.807, 2.05) is 38.0 Å². The molecule has 37 heavy (non-hydrogen) atoms. The van der Waals surface area contributed by atoms with Crippen molar-refractivity contribution in [3.8, 4) is 5.75 Å². The number of rotatable bonds is 21. The Balaban J connectivity index is 3.16. The molecule has 0 fully saturated rings. The van der Waals surface area contributed by atoms with Gasteiger partial charge in [0.15, 0.2) is 0 Å². The molecule has 0 aliphatic rings. The minimum absolute atomic E-state index is 0.236. The van der Waals surface area contributed by atoms with Crippen LogP contribution in [0.3, 0.4) is 0 Å². The number of carbonyl (C=O) groups excluding carboxylic acids is 2. The van der Waals surface area contributed by atoms with Gasteiger partial charge in [0.25, 0.3) is 11.8 Å². The number of benzene rings is 1. The van der Waals surface area contributed by atoms with E-state index in [-0.39, 0.29) is 18.4 Å². The molecule has 0 saturated carbocycles. The highest BCUT2D eigenvalue weighted by Gasteiger charge is 2.21. The van der Waals surface area contributed by atoms with Gasteiger partial charge < -0.3 is 41.4 Å². The van der Waals surface area contributed by atoms with Crippen LogP contribution in [-0.2, 0) is 11.3 Å². The number of nitrogens with two attached hydrogens (primary N) is 2. The lowest BCUT2D eigenvalue weighted by atomic mass is 10.0. The number of ether oxygens (including phenoxy) is 2. The molecular weight excluding hydrogens is 472 g/mol. The van der Waals surface area contributed by atoms with Crippen molar-refractivity contribution in [1.29, 1.82) is 0 Å². The van der Waals surface area contributed by atoms with Crippen LogP contribution in [0.2, 0.25) is 0 Å². The second-order valence-corrected chi connectivity index (χ2v) is 9.72. The average Bonchev–Trinajstić information content (AvgIpc) is 2.85. The lowest BCUT2D eigenvalue weighted by molar-refractivity contribution is 0.0934. The highest BCUT2D eigenvalue weighted by Crippen LogP contribution is 2.26. The van der Waals surface area contributed by atoms with Crippen molar-refractivity contribution < 1.29 is 19.1 Å². The molecule has 0 unspecified atom stereocenters. The van der Waals surface area contributed by atoms with Gasteiger partial charge in [-0.15, -0.1) is 0 Å². The summed E-state index contributed by atoms with van der Waals surface area (Å²) >= 11 is 0. The topological polar surface area (TPSA) is 135 Å². The zero-order valence-corrected chi connectivity index (χ0v) is 23.4. The molecule has 0 heterocycles. The van der Waals surface area contributed by atoms with Crippen molar-refractivity contribution in [1.82, 2.24) is 20.4 Å². The number of amides is 2. The maximum absolute atomic E-state index is 13.2. The summed E-state index contributed by atoms with van der Waals surface area (Å²) in [5, 5.41) is 5.90. The van der Waals surface area contributed by atoms with Crippen molar-refractivity contribution >= 4 is 11.8 Å². The molecule has 1 aromatic carbocycles. The van der Waals surface area contributed by atoms with Crippen LogP contribution in [0.4, 0.5) is 0 Å². The summed E-state index contributed by atoms with van der Waals surface area (Å²) in [7, 11) is 7.80. The van der Waals surface area contributed by atoms with E-state index in [9.17, 15) is 9.59 Å². The molecule has 6 N–H and O–H groups in total. The fourth-order valence-electron chi connectivity index (χ4n) is 3.54. The maximum atomic E-state index is 13.2. The highest BCUT2D eigenvalue weighted by molar-refractivity contribution is 6.02. The third kappa shape index (κ3) is 14.3. The van der Waals surface area contributed by atoms with Gasteiger partial charge >= 0.3 is 0 Å². The number of nitrogens with zero attached hydrogens (tertiary/aromatic N) is 2. The molecule has 0 radical (unpaired) electrons. The van der Waals surface area contributed by atoms with Gasteiger partial charge in [-0.2, -0.15) is 0 Å². The summed E-state index contributed by atoms with van der Waals surface area (Å²) in [6.45, 7) is 5.00. The van der Waals surface area contributed by atoms with Crippen LogP contribution >= 0.6 is 0 Å². The second-order valence-electron chi connectivity index (χ2n) is 9.72. The molecule has 0 saturated heterocycles. The van der Waals surface area contributed by atoms with Gasteiger partial charge in [0.1, 0.15) is 5.75 Å². The fraction of sp³-hybridized carbons (Fsp3) is 0.704. The molecule has 0 aliphatic carbocycles. The van der Waals surface area contributed by atoms with Crippen LogP contribution in [0.1, 0.15) is 64.8 Å². The molecule has 0 aromatic heterocycles. The second kappa shape index (κ2) is 19.8. The number of likely N-dealkylation sites (N-methyl/N-ethyl adjacent to an activating group) is 2. The van der Waals surface area contributed by atoms with E-state index in [1.54, 1.807) is 12.1 Å². The van der Waals surface area contributed by atoms with Crippen molar-refractivity contribution in [2.24, 2.45) is 11.5 Å². The summed E-state index contributed by atoms with van der Waals surface area (Å²) in [4.78, 5) is 30.3. The number of carbonyl (C=O) groups is 2. The quantitative estimate of drug-likeness (QED) is 0.178. The molecule has 0 bridgehead atoms. The Labute approximate surface area is 223 Å². The third-order valence-electron chi connectivity index (χ3n) is 5.74. The number of unbranched alkanes of at least 4 members (excludes halogenated alkanes) is 4. The van der Waals surface area contributed by atoms with E-state index in [0.717, 1.165) is 38.5 Å². The normalized spacial score (nSPS) is 11.2. The molecule has 10 nitrogen and oxygen atoms in total. The first-order valence-corrected chi connectivity index (χ1v) is 13.4. The molecule has 10 heteroatoms. The molecule has 0 atom stereocenters. The Kier molecular flexibility index (Phi) is 17.6. The Bertz CT molecular complexity index is 788. The lowest BCUT2D eigenvalue weighted by Gasteiger charge is -2.18. The van der Waals surface area contributed by atoms with Gasteiger partial charge in [0, 0.05) is 38.3 Å². The van der Waals surface area contributed by atoms with E-state index in [0.29, 0.717) is 74.9 Å². The van der Waals surface area contributed by atoms with Crippen molar-refractivity contribution in [3.63, 3.8) is 0 Å². The first-order chi connectivity index (χ1) is 17.8. The third-order valence-corrected chi connectivity index (χ3v) is 5.74. The van der Waals surface area contributed by atoms with Crippen LogP contribution in [0.25, 0.3) is 0 Å². The summed E-state index contributed by atoms with van der Waals surface area (Å²) < 4.78 is 12.0. The largest absolute Gasteiger partial charge is 0.493 e. The van der Waals surface area contributed by atoms with Gasteiger partial charge in [-0.25, -0.2) is 0 Å². The van der Waals surface area contributed by atoms with Gasteiger partial charge in [-0.1, -0.05) is 0 Å². The zero-order valence-electron chi connectivity index (χ0n) is 23.4. The van der Waals surface area contributed by atoms with E-state index in [2.05, 4.69) is 10.6 Å². The van der Waals surface area contributed by atoms with Crippen LogP contribution in [0.15, 0.2) is 12.1 Å². The summed E-state index contributed by atoms with van der Waals surface area (Å²) in [5.41, 5.74) is 12.6. The Hall–Kier alpha value is -2.24. The monoisotopic (exact) mass is 522 g/mol. The lowest BCUT2D eigenvalue weighted by Crippen LogP contribution is -2.33. The first kappa shape index (κ1) is 32.8. The van der Waals surface area contributed by atoms with Crippen molar-refractivity contribution in [2.45, 2.75) is 45.1 Å². The summed E-state index contributed by atoms with van der Waals surface area (Å²) in [5.74, 6) is -0.0440. The Morgan fingerprint density at radius 2 is 1.30 bits per heavy atom. The SMILES string of the molecule is CN(C)CCNC(=O)c1cc(C(=O)NCCN(C)C)c(OCCCCCN)cc1COCCCCCN. The molecule has 212 valence electrons. The van der Waals surface area contributed by atoms with Gasteiger partial charge in [-0.05, 0) is 97.5 Å². The smallest absolute Gasteiger partial charge is 0.255 e. The van der Waals surface area contributed by atoms with Gasteiger partial charge in [-0.3, -0.25) is 9.59 Å². The maximum Gasteiger partial charge on any atom is 0.255 e. The Morgan fingerprint density at radius 3 is 1.84 bits per heavy atom. The Morgan fingerprint density at radius 1 is 0.757 bits per heavy atom. The first-order valence-electron chi connectivity index (χ1n) is 13.4. The van der Waals surface area contributed by atoms with E-state index in [1.165, 1.54) is 0 Å². The molecule has 2 amide bonds. The molecule has 0 aliphatic heterocycles. The van der Waals surface area contributed by atoms with E-state index >= 15 is 0 Å². The van der Waals surface area contributed by atoms with Crippen LogP contribution < -0.4 is 26.8 Å². The van der Waals surface area contributed by atoms with E-state index < -0.39 is 0 Å². The number of hydrogen-bond donors (Lipinski definition) is 4. The molecular formula is C27H50N6O4. The summed E-state index contributed by atoms with van der Waals surface area (Å²) in [6, 6.07) is 3.42. The van der Waals surface area contributed by atoms with Crippen molar-refractivity contribution in [3.05, 3.63) is 28.8 Å². The zero-order chi connectivity index (χ0) is 27.5. The predicted octanol–water partition coefficient (Wildman–Crippen LogP) is 1.42. The molecule has 1 aromatic rings. The summed E-state index contributed by atoms with van der Waals surface area (Å²) in [6.07, 6.45) is 5.57.